The third kappa shape index (κ3) is 5.20. The van der Waals surface area contributed by atoms with Crippen LogP contribution in [0.5, 0.6) is 0 Å². The molecule has 2 amide bonds. The lowest BCUT2D eigenvalue weighted by atomic mass is 10.2. The maximum atomic E-state index is 13.4. The first-order chi connectivity index (χ1) is 12.0. The first-order valence-corrected chi connectivity index (χ1v) is 7.06. The molecule has 0 fully saturated rings. The summed E-state index contributed by atoms with van der Waals surface area (Å²) in [4.78, 5) is 33.4. The summed E-state index contributed by atoms with van der Waals surface area (Å²) in [5.74, 6) is -2.05. The lowest BCUT2D eigenvalue weighted by molar-refractivity contribution is -0.384. The predicted molar refractivity (Wildman–Crippen MR) is 87.6 cm³/mol. The molecule has 0 aliphatic heterocycles. The molecule has 0 radical (unpaired) electrons. The molecular formula is C16H13FN4O4. The Morgan fingerprint density at radius 3 is 2.68 bits per heavy atom. The number of non-ortho nitro benzene ring substituents is 1. The van der Waals surface area contributed by atoms with Crippen LogP contribution in [0.25, 0.3) is 0 Å². The van der Waals surface area contributed by atoms with Gasteiger partial charge in [0.15, 0.2) is 0 Å². The number of hydrogen-bond donors (Lipinski definition) is 2. The summed E-state index contributed by atoms with van der Waals surface area (Å²) in [5.41, 5.74) is 2.30. The van der Waals surface area contributed by atoms with Gasteiger partial charge in [0.05, 0.1) is 23.2 Å². The Morgan fingerprint density at radius 1 is 1.20 bits per heavy atom. The summed E-state index contributed by atoms with van der Waals surface area (Å²) >= 11 is 0. The van der Waals surface area contributed by atoms with Crippen LogP contribution in [-0.2, 0) is 4.79 Å². The van der Waals surface area contributed by atoms with Crippen molar-refractivity contribution in [2.24, 2.45) is 5.10 Å². The normalized spacial score (nSPS) is 10.4. The van der Waals surface area contributed by atoms with Crippen molar-refractivity contribution in [3.8, 4) is 0 Å². The van der Waals surface area contributed by atoms with Gasteiger partial charge in [-0.3, -0.25) is 19.7 Å². The predicted octanol–water partition coefficient (Wildman–Crippen LogP) is 1.61. The quantitative estimate of drug-likeness (QED) is 0.471. The van der Waals surface area contributed by atoms with E-state index in [1.807, 2.05) is 0 Å². The van der Waals surface area contributed by atoms with Gasteiger partial charge in [0, 0.05) is 17.7 Å². The molecule has 25 heavy (non-hydrogen) atoms. The van der Waals surface area contributed by atoms with Gasteiger partial charge in [-0.1, -0.05) is 24.3 Å². The van der Waals surface area contributed by atoms with Crippen molar-refractivity contribution in [2.45, 2.75) is 0 Å². The molecule has 128 valence electrons. The molecule has 0 spiro atoms. The monoisotopic (exact) mass is 344 g/mol. The Kier molecular flexibility index (Phi) is 5.88. The second kappa shape index (κ2) is 8.29. The minimum Gasteiger partial charge on any atom is -0.343 e. The summed E-state index contributed by atoms with van der Waals surface area (Å²) in [5, 5.41) is 16.5. The van der Waals surface area contributed by atoms with Gasteiger partial charge in [0.1, 0.15) is 5.82 Å². The van der Waals surface area contributed by atoms with E-state index in [4.69, 9.17) is 0 Å². The first kappa shape index (κ1) is 17.7. The van der Waals surface area contributed by atoms with Gasteiger partial charge in [-0.05, 0) is 12.1 Å². The lowest BCUT2D eigenvalue weighted by Crippen LogP contribution is -2.35. The first-order valence-electron chi connectivity index (χ1n) is 7.06. The van der Waals surface area contributed by atoms with Crippen LogP contribution in [0.4, 0.5) is 10.1 Å². The molecule has 2 N–H and O–H groups in total. The minimum atomic E-state index is -0.726. The number of carbonyl (C=O) groups excluding carboxylic acids is 2. The maximum absolute atomic E-state index is 13.4. The van der Waals surface area contributed by atoms with Crippen molar-refractivity contribution >= 4 is 23.7 Å². The molecule has 0 aromatic heterocycles. The molecule has 0 saturated heterocycles. The highest BCUT2D eigenvalue weighted by Crippen LogP contribution is 2.11. The zero-order valence-corrected chi connectivity index (χ0v) is 12.8. The highest BCUT2D eigenvalue weighted by atomic mass is 19.1. The van der Waals surface area contributed by atoms with E-state index in [1.54, 1.807) is 6.07 Å². The summed E-state index contributed by atoms with van der Waals surface area (Å²) < 4.78 is 13.4. The molecule has 0 aliphatic rings. The maximum Gasteiger partial charge on any atom is 0.270 e. The van der Waals surface area contributed by atoms with Crippen LogP contribution >= 0.6 is 0 Å². The van der Waals surface area contributed by atoms with Crippen LogP contribution < -0.4 is 10.7 Å². The Hall–Kier alpha value is -3.62. The summed E-state index contributed by atoms with van der Waals surface area (Å²) in [7, 11) is 0. The lowest BCUT2D eigenvalue weighted by Gasteiger charge is -2.04. The van der Waals surface area contributed by atoms with Gasteiger partial charge < -0.3 is 5.32 Å². The minimum absolute atomic E-state index is 0.104. The average molecular weight is 344 g/mol. The van der Waals surface area contributed by atoms with Crippen molar-refractivity contribution in [2.75, 3.05) is 6.54 Å². The van der Waals surface area contributed by atoms with E-state index in [9.17, 15) is 24.1 Å². The van der Waals surface area contributed by atoms with Crippen molar-refractivity contribution in [1.29, 1.82) is 0 Å². The number of hydrogen-bond acceptors (Lipinski definition) is 5. The number of carbonyl (C=O) groups is 2. The highest BCUT2D eigenvalue weighted by molar-refractivity contribution is 5.96. The van der Waals surface area contributed by atoms with E-state index >= 15 is 0 Å². The Balaban J connectivity index is 1.84. The van der Waals surface area contributed by atoms with Crippen LogP contribution in [0.3, 0.4) is 0 Å². The fourth-order valence-corrected chi connectivity index (χ4v) is 1.84. The van der Waals surface area contributed by atoms with Gasteiger partial charge >= 0.3 is 0 Å². The van der Waals surface area contributed by atoms with Crippen LogP contribution in [0.15, 0.2) is 53.6 Å². The zero-order valence-electron chi connectivity index (χ0n) is 12.8. The molecule has 9 heteroatoms. The van der Waals surface area contributed by atoms with E-state index in [1.165, 1.54) is 42.6 Å². The van der Waals surface area contributed by atoms with Crippen molar-refractivity contribution < 1.29 is 18.9 Å². The highest BCUT2D eigenvalue weighted by Gasteiger charge is 2.11. The Bertz CT molecular complexity index is 838. The van der Waals surface area contributed by atoms with E-state index in [2.05, 4.69) is 15.8 Å². The summed E-state index contributed by atoms with van der Waals surface area (Å²) in [6.45, 7) is -0.403. The molecule has 0 atom stereocenters. The molecule has 0 heterocycles. The van der Waals surface area contributed by atoms with Crippen molar-refractivity contribution in [1.82, 2.24) is 10.7 Å². The van der Waals surface area contributed by atoms with Crippen LogP contribution in [0.1, 0.15) is 15.9 Å². The van der Waals surface area contributed by atoms with Crippen LogP contribution in [0.2, 0.25) is 0 Å². The fraction of sp³-hybridized carbons (Fsp3) is 0.0625. The van der Waals surface area contributed by atoms with Crippen LogP contribution in [0, 0.1) is 15.9 Å². The third-order valence-corrected chi connectivity index (χ3v) is 3.01. The number of halogens is 1. The second-order valence-electron chi connectivity index (χ2n) is 4.81. The Morgan fingerprint density at radius 2 is 1.96 bits per heavy atom. The number of benzene rings is 2. The number of nitrogens with zero attached hydrogens (tertiary/aromatic N) is 2. The van der Waals surface area contributed by atoms with E-state index in [0.29, 0.717) is 5.56 Å². The largest absolute Gasteiger partial charge is 0.343 e. The zero-order chi connectivity index (χ0) is 18.2. The van der Waals surface area contributed by atoms with E-state index < -0.39 is 29.1 Å². The number of rotatable bonds is 6. The standard InChI is InChI=1S/C16H13FN4O4/c17-14-7-2-1-6-13(14)16(23)18-10-15(22)20-19-9-11-4-3-5-12(8-11)21(24)25/h1-9H,10H2,(H,18,23)(H,20,22). The van der Waals surface area contributed by atoms with Gasteiger partial charge in [-0.2, -0.15) is 5.10 Å². The number of nitrogens with one attached hydrogen (secondary N) is 2. The van der Waals surface area contributed by atoms with Gasteiger partial charge in [0.2, 0.25) is 0 Å². The molecule has 0 unspecified atom stereocenters. The molecule has 2 rings (SSSR count). The summed E-state index contributed by atoms with van der Waals surface area (Å²) in [6, 6.07) is 11.0. The Labute approximate surface area is 141 Å². The topological polar surface area (TPSA) is 114 Å². The number of amides is 2. The number of nitro groups is 1. The molecule has 0 saturated carbocycles. The van der Waals surface area contributed by atoms with Gasteiger partial charge in [-0.25, -0.2) is 9.82 Å². The third-order valence-electron chi connectivity index (χ3n) is 3.01. The van der Waals surface area contributed by atoms with E-state index in [-0.39, 0.29) is 11.3 Å². The molecule has 2 aromatic carbocycles. The molecule has 2 aromatic rings. The average Bonchev–Trinajstić information content (AvgIpc) is 2.60. The SMILES string of the molecule is O=C(CNC(=O)c1ccccc1F)NN=Cc1cccc([N+](=O)[O-])c1. The second-order valence-corrected chi connectivity index (χ2v) is 4.81. The summed E-state index contributed by atoms with van der Waals surface area (Å²) in [6.07, 6.45) is 1.23. The molecule has 8 nitrogen and oxygen atoms in total. The van der Waals surface area contributed by atoms with Crippen molar-refractivity contribution in [3.05, 3.63) is 75.6 Å². The number of nitro benzene ring substituents is 1. The smallest absolute Gasteiger partial charge is 0.270 e. The molecule has 0 aliphatic carbocycles. The van der Waals surface area contributed by atoms with E-state index in [0.717, 1.165) is 6.07 Å². The van der Waals surface area contributed by atoms with Gasteiger partial charge in [-0.15, -0.1) is 0 Å². The van der Waals surface area contributed by atoms with Crippen molar-refractivity contribution in [3.63, 3.8) is 0 Å². The molecule has 0 bridgehead atoms. The molecular weight excluding hydrogens is 331 g/mol. The van der Waals surface area contributed by atoms with Gasteiger partial charge in [0.25, 0.3) is 17.5 Å². The fourth-order valence-electron chi connectivity index (χ4n) is 1.84. The number of hydrazone groups is 1. The van der Waals surface area contributed by atoms with Crippen LogP contribution in [-0.4, -0.2) is 29.5 Å².